The lowest BCUT2D eigenvalue weighted by Gasteiger charge is -2.20. The number of ether oxygens (including phenoxy) is 2. The minimum atomic E-state index is -0.507. The molecule has 5 heteroatoms. The van der Waals surface area contributed by atoms with E-state index >= 15 is 0 Å². The molecule has 0 fully saturated rings. The quantitative estimate of drug-likeness (QED) is 0.595. The second kappa shape index (κ2) is 9.74. The minimum Gasteiger partial charge on any atom is -0.497 e. The fraction of sp³-hybridized carbons (Fsp3) is 0.200. The van der Waals surface area contributed by atoms with Gasteiger partial charge in [-0.1, -0.05) is 54.6 Å². The number of carbonyl (C=O) groups is 2. The first-order valence-corrected chi connectivity index (χ1v) is 9.71. The van der Waals surface area contributed by atoms with Crippen molar-refractivity contribution >= 4 is 11.9 Å². The molecule has 0 spiro atoms. The zero-order valence-electron chi connectivity index (χ0n) is 17.3. The van der Waals surface area contributed by atoms with Crippen molar-refractivity contribution in [3.63, 3.8) is 0 Å². The van der Waals surface area contributed by atoms with E-state index < -0.39 is 5.97 Å². The molecule has 0 saturated heterocycles. The van der Waals surface area contributed by atoms with Gasteiger partial charge >= 0.3 is 5.97 Å². The molecule has 3 rings (SSSR count). The Kier molecular flexibility index (Phi) is 6.86. The molecule has 3 aromatic carbocycles. The number of hydrogen-bond acceptors (Lipinski definition) is 4. The van der Waals surface area contributed by atoms with Gasteiger partial charge in [0.1, 0.15) is 5.75 Å². The number of benzene rings is 3. The smallest absolute Gasteiger partial charge is 0.338 e. The van der Waals surface area contributed by atoms with E-state index in [1.54, 1.807) is 19.2 Å². The van der Waals surface area contributed by atoms with Gasteiger partial charge in [-0.3, -0.25) is 4.79 Å². The van der Waals surface area contributed by atoms with Gasteiger partial charge in [0.2, 0.25) is 0 Å². The summed E-state index contributed by atoms with van der Waals surface area (Å²) in [5, 5.41) is 2.96. The number of nitrogens with one attached hydrogen (secondary N) is 1. The third-order valence-electron chi connectivity index (χ3n) is 5.05. The molecule has 0 aliphatic heterocycles. The molecule has 5 nitrogen and oxygen atoms in total. The largest absolute Gasteiger partial charge is 0.497 e. The summed E-state index contributed by atoms with van der Waals surface area (Å²) in [7, 11) is 1.61. The van der Waals surface area contributed by atoms with E-state index in [9.17, 15) is 9.59 Å². The molecule has 0 aliphatic rings. The summed E-state index contributed by atoms with van der Waals surface area (Å²) in [5.74, 6) is -0.148. The van der Waals surface area contributed by atoms with Gasteiger partial charge in [0.25, 0.3) is 5.91 Å². The van der Waals surface area contributed by atoms with Gasteiger partial charge in [-0.25, -0.2) is 4.79 Å². The highest BCUT2D eigenvalue weighted by Crippen LogP contribution is 2.24. The number of rotatable bonds is 7. The highest BCUT2D eigenvalue weighted by Gasteiger charge is 2.19. The summed E-state index contributed by atoms with van der Waals surface area (Å²) in [5.41, 5.74) is 4.14. The maximum atomic E-state index is 12.6. The van der Waals surface area contributed by atoms with Gasteiger partial charge in [0, 0.05) is 0 Å². The maximum Gasteiger partial charge on any atom is 0.338 e. The highest BCUT2D eigenvalue weighted by atomic mass is 16.5. The van der Waals surface area contributed by atoms with Crippen molar-refractivity contribution in [2.24, 2.45) is 0 Å². The average molecular weight is 403 g/mol. The van der Waals surface area contributed by atoms with Crippen molar-refractivity contribution in [2.75, 3.05) is 13.7 Å². The Labute approximate surface area is 176 Å². The molecule has 1 amide bonds. The van der Waals surface area contributed by atoms with Crippen LogP contribution in [0.1, 0.15) is 38.7 Å². The average Bonchev–Trinajstić information content (AvgIpc) is 2.78. The Morgan fingerprint density at radius 1 is 0.867 bits per heavy atom. The lowest BCUT2D eigenvalue weighted by Crippen LogP contribution is -2.33. The molecular weight excluding hydrogens is 378 g/mol. The molecule has 154 valence electrons. The van der Waals surface area contributed by atoms with Crippen LogP contribution in [0.5, 0.6) is 5.75 Å². The topological polar surface area (TPSA) is 64.6 Å². The van der Waals surface area contributed by atoms with Gasteiger partial charge < -0.3 is 14.8 Å². The van der Waals surface area contributed by atoms with Crippen LogP contribution in [0.15, 0.2) is 72.8 Å². The normalized spacial score (nSPS) is 11.4. The number of carbonyl (C=O) groups excluding carboxylic acids is 2. The number of aryl methyl sites for hydroxylation is 1. The lowest BCUT2D eigenvalue weighted by atomic mass is 9.98. The zero-order valence-corrected chi connectivity index (χ0v) is 17.3. The van der Waals surface area contributed by atoms with E-state index in [0.717, 1.165) is 28.0 Å². The summed E-state index contributed by atoms with van der Waals surface area (Å²) in [6.07, 6.45) is 0. The Balaban J connectivity index is 1.71. The summed E-state index contributed by atoms with van der Waals surface area (Å²) < 4.78 is 10.5. The van der Waals surface area contributed by atoms with Crippen LogP contribution in [-0.2, 0) is 9.53 Å². The molecule has 0 radical (unpaired) electrons. The van der Waals surface area contributed by atoms with Gasteiger partial charge in [-0.2, -0.15) is 0 Å². The summed E-state index contributed by atoms with van der Waals surface area (Å²) in [6.45, 7) is 3.44. The zero-order chi connectivity index (χ0) is 21.5. The highest BCUT2D eigenvalue weighted by molar-refractivity contribution is 5.93. The Morgan fingerprint density at radius 2 is 1.53 bits per heavy atom. The first kappa shape index (κ1) is 21.1. The minimum absolute atomic E-state index is 0.355. The predicted octanol–water partition coefficient (Wildman–Crippen LogP) is 4.37. The van der Waals surface area contributed by atoms with E-state index in [2.05, 4.69) is 5.32 Å². The van der Waals surface area contributed by atoms with Crippen LogP contribution in [0.25, 0.3) is 0 Å². The van der Waals surface area contributed by atoms with Crippen LogP contribution < -0.4 is 10.1 Å². The molecule has 0 saturated carbocycles. The number of amides is 1. The van der Waals surface area contributed by atoms with Crippen LogP contribution in [0.2, 0.25) is 0 Å². The molecule has 1 atom stereocenters. The second-order valence-electron chi connectivity index (χ2n) is 7.01. The van der Waals surface area contributed by atoms with E-state index in [4.69, 9.17) is 9.47 Å². The molecule has 0 unspecified atom stereocenters. The van der Waals surface area contributed by atoms with Crippen molar-refractivity contribution in [1.29, 1.82) is 0 Å². The van der Waals surface area contributed by atoms with Crippen molar-refractivity contribution in [3.05, 3.63) is 101 Å². The molecule has 3 aromatic rings. The summed E-state index contributed by atoms with van der Waals surface area (Å²) >= 11 is 0. The van der Waals surface area contributed by atoms with Gasteiger partial charge in [0.05, 0.1) is 18.7 Å². The van der Waals surface area contributed by atoms with E-state index in [0.29, 0.717) is 5.56 Å². The van der Waals surface area contributed by atoms with Crippen molar-refractivity contribution in [3.8, 4) is 5.75 Å². The first-order chi connectivity index (χ1) is 14.5. The third-order valence-corrected chi connectivity index (χ3v) is 5.05. The number of hydrogen-bond donors (Lipinski definition) is 1. The molecule has 0 aliphatic carbocycles. The number of esters is 1. The van der Waals surface area contributed by atoms with Crippen LogP contribution in [-0.4, -0.2) is 25.6 Å². The van der Waals surface area contributed by atoms with Crippen molar-refractivity contribution in [1.82, 2.24) is 5.32 Å². The monoisotopic (exact) mass is 403 g/mol. The van der Waals surface area contributed by atoms with Crippen LogP contribution in [0, 0.1) is 13.8 Å². The summed E-state index contributed by atoms with van der Waals surface area (Å²) in [4.78, 5) is 25.0. The maximum absolute atomic E-state index is 12.6. The fourth-order valence-corrected chi connectivity index (χ4v) is 3.18. The molecule has 30 heavy (non-hydrogen) atoms. The van der Waals surface area contributed by atoms with Crippen molar-refractivity contribution in [2.45, 2.75) is 19.9 Å². The third kappa shape index (κ3) is 5.06. The van der Waals surface area contributed by atoms with Crippen molar-refractivity contribution < 1.29 is 19.1 Å². The molecule has 0 aromatic heterocycles. The van der Waals surface area contributed by atoms with Gasteiger partial charge in [-0.05, 0) is 54.3 Å². The fourth-order valence-electron chi connectivity index (χ4n) is 3.18. The van der Waals surface area contributed by atoms with E-state index in [-0.39, 0.29) is 18.6 Å². The Bertz CT molecular complexity index is 1010. The molecule has 0 bridgehead atoms. The number of methoxy groups -OCH3 is 1. The van der Waals surface area contributed by atoms with Gasteiger partial charge in [-0.15, -0.1) is 0 Å². The SMILES string of the molecule is COc1ccc([C@@H](NC(=O)COC(=O)c2cccc(C)c2C)c2ccccc2)cc1. The standard InChI is InChI=1S/C25H25NO4/c1-17-8-7-11-22(18(17)2)25(28)30-16-23(27)26-24(19-9-5-4-6-10-19)20-12-14-21(29-3)15-13-20/h4-15,24H,16H2,1-3H3,(H,26,27)/t24-/m0/s1. The first-order valence-electron chi connectivity index (χ1n) is 9.71. The van der Waals surface area contributed by atoms with Crippen LogP contribution in [0.4, 0.5) is 0 Å². The lowest BCUT2D eigenvalue weighted by molar-refractivity contribution is -0.124. The predicted molar refractivity (Wildman–Crippen MR) is 116 cm³/mol. The van der Waals surface area contributed by atoms with E-state index in [1.807, 2.05) is 74.5 Å². The summed E-state index contributed by atoms with van der Waals surface area (Å²) in [6, 6.07) is 22.2. The molecule has 0 heterocycles. The molecule has 1 N–H and O–H groups in total. The van der Waals surface area contributed by atoms with Gasteiger partial charge in [0.15, 0.2) is 6.61 Å². The second-order valence-corrected chi connectivity index (χ2v) is 7.01. The Hall–Kier alpha value is -3.60. The van der Waals surface area contributed by atoms with E-state index in [1.165, 1.54) is 0 Å². The Morgan fingerprint density at radius 3 is 2.20 bits per heavy atom. The molecular formula is C25H25NO4. The van der Waals surface area contributed by atoms with Crippen LogP contribution >= 0.6 is 0 Å². The van der Waals surface area contributed by atoms with Crippen LogP contribution in [0.3, 0.4) is 0 Å².